The lowest BCUT2D eigenvalue weighted by Gasteiger charge is -2.14. The van der Waals surface area contributed by atoms with Crippen LogP contribution in [0.5, 0.6) is 0 Å². The topological polar surface area (TPSA) is 89.9 Å². The average molecular weight is 271 g/mol. The van der Waals surface area contributed by atoms with Gasteiger partial charge in [0.25, 0.3) is 0 Å². The SMILES string of the molecule is NCCn1nnnc1SCC(O)CC1CCCC1. The molecule has 0 aromatic carbocycles. The Morgan fingerprint density at radius 1 is 1.44 bits per heavy atom. The molecule has 2 rings (SSSR count). The van der Waals surface area contributed by atoms with E-state index in [4.69, 9.17) is 5.73 Å². The molecular weight excluding hydrogens is 250 g/mol. The highest BCUT2D eigenvalue weighted by Crippen LogP contribution is 2.29. The van der Waals surface area contributed by atoms with Crippen LogP contribution in [-0.4, -0.2) is 43.7 Å². The second-order valence-corrected chi connectivity index (χ2v) is 5.81. The summed E-state index contributed by atoms with van der Waals surface area (Å²) in [4.78, 5) is 0. The van der Waals surface area contributed by atoms with E-state index < -0.39 is 0 Å². The first kappa shape index (κ1) is 13.8. The number of hydrogen-bond donors (Lipinski definition) is 2. The van der Waals surface area contributed by atoms with E-state index in [2.05, 4.69) is 15.5 Å². The Labute approximate surface area is 111 Å². The van der Waals surface area contributed by atoms with Gasteiger partial charge in [0, 0.05) is 12.3 Å². The van der Waals surface area contributed by atoms with Crippen LogP contribution in [0.1, 0.15) is 32.1 Å². The van der Waals surface area contributed by atoms with Crippen LogP contribution in [0, 0.1) is 5.92 Å². The molecule has 0 spiro atoms. The fourth-order valence-corrected chi connectivity index (χ4v) is 3.28. The third kappa shape index (κ3) is 3.93. The van der Waals surface area contributed by atoms with E-state index in [0.29, 0.717) is 24.8 Å². The van der Waals surface area contributed by atoms with E-state index in [0.717, 1.165) is 11.6 Å². The highest BCUT2D eigenvalue weighted by molar-refractivity contribution is 7.99. The van der Waals surface area contributed by atoms with E-state index in [1.165, 1.54) is 37.4 Å². The Morgan fingerprint density at radius 2 is 2.22 bits per heavy atom. The molecule has 18 heavy (non-hydrogen) atoms. The first-order valence-corrected chi connectivity index (χ1v) is 7.55. The van der Waals surface area contributed by atoms with Crippen molar-refractivity contribution in [1.29, 1.82) is 0 Å². The summed E-state index contributed by atoms with van der Waals surface area (Å²) in [5.74, 6) is 1.36. The van der Waals surface area contributed by atoms with Crippen LogP contribution in [0.4, 0.5) is 0 Å². The van der Waals surface area contributed by atoms with Crippen molar-refractivity contribution in [3.63, 3.8) is 0 Å². The van der Waals surface area contributed by atoms with Gasteiger partial charge in [-0.15, -0.1) is 5.10 Å². The van der Waals surface area contributed by atoms with Gasteiger partial charge in [-0.05, 0) is 22.8 Å². The molecule has 1 heterocycles. The molecule has 1 aliphatic carbocycles. The zero-order valence-electron chi connectivity index (χ0n) is 10.5. The second kappa shape index (κ2) is 7.06. The van der Waals surface area contributed by atoms with Gasteiger partial charge in [0.15, 0.2) is 0 Å². The van der Waals surface area contributed by atoms with E-state index in [9.17, 15) is 5.11 Å². The zero-order chi connectivity index (χ0) is 12.8. The summed E-state index contributed by atoms with van der Waals surface area (Å²) in [5, 5.41) is 22.2. The number of nitrogens with zero attached hydrogens (tertiary/aromatic N) is 4. The van der Waals surface area contributed by atoms with Gasteiger partial charge >= 0.3 is 0 Å². The van der Waals surface area contributed by atoms with Gasteiger partial charge in [0.2, 0.25) is 5.16 Å². The molecule has 0 aliphatic heterocycles. The molecule has 6 nitrogen and oxygen atoms in total. The van der Waals surface area contributed by atoms with Crippen LogP contribution in [0.3, 0.4) is 0 Å². The largest absolute Gasteiger partial charge is 0.392 e. The van der Waals surface area contributed by atoms with Crippen molar-refractivity contribution < 1.29 is 5.11 Å². The highest BCUT2D eigenvalue weighted by Gasteiger charge is 2.19. The average Bonchev–Trinajstić information content (AvgIpc) is 2.99. The third-order valence-electron chi connectivity index (χ3n) is 3.32. The number of rotatable bonds is 7. The molecule has 0 radical (unpaired) electrons. The summed E-state index contributed by atoms with van der Waals surface area (Å²) in [6, 6.07) is 0. The van der Waals surface area contributed by atoms with E-state index in [-0.39, 0.29) is 6.10 Å². The van der Waals surface area contributed by atoms with Crippen molar-refractivity contribution in [2.45, 2.75) is 49.9 Å². The van der Waals surface area contributed by atoms with Crippen molar-refractivity contribution >= 4 is 11.8 Å². The van der Waals surface area contributed by atoms with Gasteiger partial charge in [-0.3, -0.25) is 0 Å². The zero-order valence-corrected chi connectivity index (χ0v) is 11.3. The van der Waals surface area contributed by atoms with Crippen LogP contribution in [0.2, 0.25) is 0 Å². The number of tetrazole rings is 1. The first-order valence-electron chi connectivity index (χ1n) is 6.56. The van der Waals surface area contributed by atoms with Crippen LogP contribution in [0.15, 0.2) is 5.16 Å². The summed E-state index contributed by atoms with van der Waals surface area (Å²) < 4.78 is 1.69. The molecule has 1 unspecified atom stereocenters. The van der Waals surface area contributed by atoms with Gasteiger partial charge in [0.05, 0.1) is 12.6 Å². The van der Waals surface area contributed by atoms with E-state index in [1.54, 1.807) is 4.68 Å². The fraction of sp³-hybridized carbons (Fsp3) is 0.909. The highest BCUT2D eigenvalue weighted by atomic mass is 32.2. The van der Waals surface area contributed by atoms with Crippen molar-refractivity contribution in [2.75, 3.05) is 12.3 Å². The van der Waals surface area contributed by atoms with Gasteiger partial charge < -0.3 is 10.8 Å². The Morgan fingerprint density at radius 3 is 2.94 bits per heavy atom. The smallest absolute Gasteiger partial charge is 0.209 e. The van der Waals surface area contributed by atoms with E-state index >= 15 is 0 Å². The Hall–Kier alpha value is -0.660. The van der Waals surface area contributed by atoms with E-state index in [1.807, 2.05) is 0 Å². The number of hydrogen-bond acceptors (Lipinski definition) is 6. The molecule has 7 heteroatoms. The van der Waals surface area contributed by atoms with Crippen LogP contribution >= 0.6 is 11.8 Å². The lowest BCUT2D eigenvalue weighted by molar-refractivity contribution is 0.165. The van der Waals surface area contributed by atoms with Gasteiger partial charge in [-0.25, -0.2) is 4.68 Å². The normalized spacial score (nSPS) is 18.3. The number of nitrogens with two attached hydrogens (primary N) is 1. The monoisotopic (exact) mass is 271 g/mol. The molecule has 0 bridgehead atoms. The van der Waals surface area contributed by atoms with Crippen molar-refractivity contribution in [3.05, 3.63) is 0 Å². The summed E-state index contributed by atoms with van der Waals surface area (Å²) in [6.07, 6.45) is 5.82. The molecule has 1 aromatic rings. The maximum absolute atomic E-state index is 10.0. The summed E-state index contributed by atoms with van der Waals surface area (Å²) >= 11 is 1.51. The molecule has 1 aromatic heterocycles. The van der Waals surface area contributed by atoms with Gasteiger partial charge in [-0.1, -0.05) is 37.4 Å². The number of aliphatic hydroxyl groups excluding tert-OH is 1. The maximum Gasteiger partial charge on any atom is 0.209 e. The second-order valence-electron chi connectivity index (χ2n) is 4.82. The standard InChI is InChI=1S/C11H21N5OS/c12-5-6-16-11(13-14-15-16)18-8-10(17)7-9-3-1-2-4-9/h9-10,17H,1-8,12H2. The molecule has 1 saturated carbocycles. The molecule has 0 amide bonds. The molecule has 3 N–H and O–H groups in total. The Bertz CT molecular complexity index is 353. The fourth-order valence-electron chi connectivity index (χ4n) is 2.43. The lowest BCUT2D eigenvalue weighted by atomic mass is 10.0. The van der Waals surface area contributed by atoms with Crippen molar-refractivity contribution in [2.24, 2.45) is 11.7 Å². The van der Waals surface area contributed by atoms with Crippen LogP contribution < -0.4 is 5.73 Å². The minimum atomic E-state index is -0.263. The quantitative estimate of drug-likeness (QED) is 0.708. The van der Waals surface area contributed by atoms with Crippen molar-refractivity contribution in [1.82, 2.24) is 20.2 Å². The first-order chi connectivity index (χ1) is 8.79. The number of aromatic nitrogens is 4. The summed E-state index contributed by atoms with van der Waals surface area (Å²) in [6.45, 7) is 1.14. The summed E-state index contributed by atoms with van der Waals surface area (Å²) in [5.41, 5.74) is 5.48. The van der Waals surface area contributed by atoms with Crippen molar-refractivity contribution in [3.8, 4) is 0 Å². The van der Waals surface area contributed by atoms with Crippen LogP contribution in [-0.2, 0) is 6.54 Å². The molecule has 102 valence electrons. The minimum Gasteiger partial charge on any atom is -0.392 e. The Balaban J connectivity index is 1.74. The molecule has 0 saturated heterocycles. The maximum atomic E-state index is 10.0. The van der Waals surface area contributed by atoms with Gasteiger partial charge in [0.1, 0.15) is 0 Å². The summed E-state index contributed by atoms with van der Waals surface area (Å²) in [7, 11) is 0. The number of thioether (sulfide) groups is 1. The molecule has 1 fully saturated rings. The molecule has 1 atom stereocenters. The third-order valence-corrected chi connectivity index (χ3v) is 4.43. The molecule has 1 aliphatic rings. The molecular formula is C11H21N5OS. The van der Waals surface area contributed by atoms with Crippen LogP contribution in [0.25, 0.3) is 0 Å². The lowest BCUT2D eigenvalue weighted by Crippen LogP contribution is -2.16. The minimum absolute atomic E-state index is 0.263. The Kier molecular flexibility index (Phi) is 5.40. The predicted molar refractivity (Wildman–Crippen MR) is 70.2 cm³/mol. The van der Waals surface area contributed by atoms with Gasteiger partial charge in [-0.2, -0.15) is 0 Å². The predicted octanol–water partition coefficient (Wildman–Crippen LogP) is 0.665. The number of aliphatic hydroxyl groups is 1.